The molecule has 2 aromatic rings. The quantitative estimate of drug-likeness (QED) is 0.540. The van der Waals surface area contributed by atoms with E-state index in [0.717, 1.165) is 26.6 Å². The number of likely N-dealkylation sites (tertiary alicyclic amines) is 1. The molecule has 1 aromatic heterocycles. The minimum Gasteiger partial charge on any atom is -0.454 e. The van der Waals surface area contributed by atoms with Crippen LogP contribution in [0, 0.1) is 12.3 Å². The highest BCUT2D eigenvalue weighted by Crippen LogP contribution is 2.30. The molecule has 1 aromatic carbocycles. The number of benzene rings is 1. The van der Waals surface area contributed by atoms with Gasteiger partial charge in [-0.1, -0.05) is 45.0 Å². The van der Waals surface area contributed by atoms with Crippen LogP contribution >= 0.6 is 11.3 Å². The molecule has 0 saturated carbocycles. The smallest absolute Gasteiger partial charge is 0.454 e. The van der Waals surface area contributed by atoms with Gasteiger partial charge in [0.2, 0.25) is 11.8 Å². The molecule has 1 aliphatic rings. The number of carbonyl (C=O) groups excluding carboxylic acids is 3. The number of rotatable bonds is 6. The Hall–Kier alpha value is -2.99. The zero-order valence-electron chi connectivity index (χ0n) is 21.3. The SMILES string of the molecule is Cc1ncsc1-c1ccc([C@H](C)NC(=O)[C@@H]2C[C@@H](OC(=O)C(F)(F)F)CN2C(=O)[C@@H](N)C(C)(C)C)cc1. The number of aromatic nitrogens is 1. The number of hydrogen-bond donors (Lipinski definition) is 2. The van der Waals surface area contributed by atoms with Gasteiger partial charge in [0.05, 0.1) is 34.7 Å². The fourth-order valence-electron chi connectivity index (χ4n) is 4.04. The van der Waals surface area contributed by atoms with Crippen molar-refractivity contribution < 1.29 is 32.3 Å². The Bertz CT molecular complexity index is 1140. The van der Waals surface area contributed by atoms with E-state index in [1.807, 2.05) is 31.2 Å². The van der Waals surface area contributed by atoms with Crippen molar-refractivity contribution >= 4 is 29.1 Å². The minimum absolute atomic E-state index is 0.271. The van der Waals surface area contributed by atoms with Crippen LogP contribution in [0.15, 0.2) is 29.8 Å². The number of nitrogens with one attached hydrogen (secondary N) is 1. The molecule has 0 unspecified atom stereocenters. The molecule has 202 valence electrons. The second-order valence-corrected chi connectivity index (χ2v) is 11.1. The number of halogens is 3. The van der Waals surface area contributed by atoms with Crippen molar-refractivity contribution in [1.29, 1.82) is 0 Å². The Morgan fingerprint density at radius 1 is 1.19 bits per heavy atom. The highest BCUT2D eigenvalue weighted by Gasteiger charge is 2.48. The largest absolute Gasteiger partial charge is 0.490 e. The zero-order chi connectivity index (χ0) is 27.7. The lowest BCUT2D eigenvalue weighted by Crippen LogP contribution is -2.55. The number of nitrogens with zero attached hydrogens (tertiary/aromatic N) is 2. The Morgan fingerprint density at radius 2 is 1.81 bits per heavy atom. The summed E-state index contributed by atoms with van der Waals surface area (Å²) in [5.74, 6) is -3.54. The normalized spacial score (nSPS) is 19.9. The summed E-state index contributed by atoms with van der Waals surface area (Å²) in [5.41, 5.74) is 9.89. The summed E-state index contributed by atoms with van der Waals surface area (Å²) in [5, 5.41) is 2.82. The lowest BCUT2D eigenvalue weighted by Gasteiger charge is -2.32. The molecule has 3 rings (SSSR count). The summed E-state index contributed by atoms with van der Waals surface area (Å²) >= 11 is 1.52. The topological polar surface area (TPSA) is 115 Å². The van der Waals surface area contributed by atoms with Crippen molar-refractivity contribution in [3.05, 3.63) is 41.0 Å². The molecule has 12 heteroatoms. The van der Waals surface area contributed by atoms with E-state index in [1.54, 1.807) is 33.2 Å². The van der Waals surface area contributed by atoms with Gasteiger partial charge in [-0.05, 0) is 30.4 Å². The molecule has 1 aliphatic heterocycles. The summed E-state index contributed by atoms with van der Waals surface area (Å²) < 4.78 is 42.8. The summed E-state index contributed by atoms with van der Waals surface area (Å²) in [6.45, 7) is 8.53. The van der Waals surface area contributed by atoms with E-state index >= 15 is 0 Å². The second-order valence-electron chi connectivity index (χ2n) is 10.2. The lowest BCUT2D eigenvalue weighted by molar-refractivity contribution is -0.204. The van der Waals surface area contributed by atoms with Gasteiger partial charge in [-0.3, -0.25) is 9.59 Å². The van der Waals surface area contributed by atoms with Gasteiger partial charge in [-0.15, -0.1) is 11.3 Å². The fraction of sp³-hybridized carbons (Fsp3) is 0.520. The van der Waals surface area contributed by atoms with Crippen LogP contribution in [0.4, 0.5) is 13.2 Å². The maximum atomic E-state index is 13.2. The maximum Gasteiger partial charge on any atom is 0.490 e. The van der Waals surface area contributed by atoms with Gasteiger partial charge in [0.1, 0.15) is 12.1 Å². The molecule has 2 heterocycles. The Morgan fingerprint density at radius 3 is 2.32 bits per heavy atom. The molecule has 0 aliphatic carbocycles. The number of ether oxygens (including phenoxy) is 1. The van der Waals surface area contributed by atoms with Gasteiger partial charge in [0.15, 0.2) is 0 Å². The first-order valence-corrected chi connectivity index (χ1v) is 12.6. The van der Waals surface area contributed by atoms with Crippen molar-refractivity contribution in [2.45, 2.75) is 71.4 Å². The Labute approximate surface area is 217 Å². The molecule has 2 amide bonds. The number of thiazole rings is 1. The molecule has 0 spiro atoms. The van der Waals surface area contributed by atoms with Crippen LogP contribution in [0.2, 0.25) is 0 Å². The standard InChI is InChI=1S/C25H31F3N4O4S/c1-13(15-6-8-16(9-7-15)19-14(2)30-12-37-19)31-21(33)18-10-17(36-23(35)25(26,27)28)11-32(18)22(34)20(29)24(3,4)5/h6-9,12-13,17-18,20H,10-11,29H2,1-5H3,(H,31,33)/t13-,17+,18-,20+/m0/s1. The third-order valence-corrected chi connectivity index (χ3v) is 7.31. The second kappa shape index (κ2) is 10.8. The number of hydrogen-bond acceptors (Lipinski definition) is 7. The zero-order valence-corrected chi connectivity index (χ0v) is 22.1. The first kappa shape index (κ1) is 28.6. The van der Waals surface area contributed by atoms with Gasteiger partial charge < -0.3 is 20.7 Å². The highest BCUT2D eigenvalue weighted by atomic mass is 32.1. The van der Waals surface area contributed by atoms with E-state index in [0.29, 0.717) is 0 Å². The van der Waals surface area contributed by atoms with Gasteiger partial charge in [-0.25, -0.2) is 9.78 Å². The van der Waals surface area contributed by atoms with Gasteiger partial charge in [-0.2, -0.15) is 13.2 Å². The third-order valence-electron chi connectivity index (χ3n) is 6.33. The first-order chi connectivity index (χ1) is 17.1. The molecule has 4 atom stereocenters. The summed E-state index contributed by atoms with van der Waals surface area (Å²) in [6, 6.07) is 4.93. The van der Waals surface area contributed by atoms with E-state index < -0.39 is 53.6 Å². The van der Waals surface area contributed by atoms with E-state index in [-0.39, 0.29) is 13.0 Å². The van der Waals surface area contributed by atoms with E-state index in [4.69, 9.17) is 5.73 Å². The number of esters is 1. The number of alkyl halides is 3. The van der Waals surface area contributed by atoms with Gasteiger partial charge in [0.25, 0.3) is 0 Å². The number of amides is 2. The minimum atomic E-state index is -5.19. The van der Waals surface area contributed by atoms with Crippen LogP contribution in [0.25, 0.3) is 10.4 Å². The predicted octanol–water partition coefficient (Wildman–Crippen LogP) is 3.74. The first-order valence-electron chi connectivity index (χ1n) is 11.7. The van der Waals surface area contributed by atoms with Crippen LogP contribution in [0.3, 0.4) is 0 Å². The molecule has 1 fully saturated rings. The molecule has 3 N–H and O–H groups in total. The average molecular weight is 541 g/mol. The summed E-state index contributed by atoms with van der Waals surface area (Å²) in [7, 11) is 0. The molecule has 8 nitrogen and oxygen atoms in total. The molecular formula is C25H31F3N4O4S. The summed E-state index contributed by atoms with van der Waals surface area (Å²) in [4.78, 5) is 44.1. The van der Waals surface area contributed by atoms with Crippen LogP contribution in [-0.4, -0.2) is 58.6 Å². The van der Waals surface area contributed by atoms with Crippen LogP contribution < -0.4 is 11.1 Å². The van der Waals surface area contributed by atoms with Crippen molar-refractivity contribution in [3.63, 3.8) is 0 Å². The van der Waals surface area contributed by atoms with Crippen LogP contribution in [-0.2, 0) is 19.1 Å². The monoisotopic (exact) mass is 540 g/mol. The molecular weight excluding hydrogens is 509 g/mol. The maximum absolute atomic E-state index is 13.2. The van der Waals surface area contributed by atoms with E-state index in [2.05, 4.69) is 15.0 Å². The van der Waals surface area contributed by atoms with Crippen molar-refractivity contribution in [2.75, 3.05) is 6.54 Å². The van der Waals surface area contributed by atoms with E-state index in [1.165, 1.54) is 11.3 Å². The number of nitrogens with two attached hydrogens (primary N) is 1. The Kier molecular flexibility index (Phi) is 8.33. The lowest BCUT2D eigenvalue weighted by atomic mass is 9.86. The van der Waals surface area contributed by atoms with Gasteiger partial charge >= 0.3 is 12.1 Å². The highest BCUT2D eigenvalue weighted by molar-refractivity contribution is 7.13. The van der Waals surface area contributed by atoms with Gasteiger partial charge in [0, 0.05) is 6.42 Å². The van der Waals surface area contributed by atoms with Crippen molar-refractivity contribution in [1.82, 2.24) is 15.2 Å². The third kappa shape index (κ3) is 6.67. The van der Waals surface area contributed by atoms with Crippen molar-refractivity contribution in [3.8, 4) is 10.4 Å². The van der Waals surface area contributed by atoms with Crippen LogP contribution in [0.5, 0.6) is 0 Å². The molecule has 1 saturated heterocycles. The van der Waals surface area contributed by atoms with Crippen molar-refractivity contribution in [2.24, 2.45) is 11.1 Å². The molecule has 0 bridgehead atoms. The van der Waals surface area contributed by atoms with Crippen LogP contribution in [0.1, 0.15) is 51.4 Å². The molecule has 37 heavy (non-hydrogen) atoms. The average Bonchev–Trinajstić information content (AvgIpc) is 3.43. The van der Waals surface area contributed by atoms with E-state index in [9.17, 15) is 27.6 Å². The predicted molar refractivity (Wildman–Crippen MR) is 132 cm³/mol. The fourth-order valence-corrected chi connectivity index (χ4v) is 4.85. The number of carbonyl (C=O) groups is 3. The summed E-state index contributed by atoms with van der Waals surface area (Å²) in [6.07, 6.45) is -6.75. The Balaban J connectivity index is 1.76. The molecule has 0 radical (unpaired) electrons. The number of aryl methyl sites for hydroxylation is 1.